The van der Waals surface area contributed by atoms with Crippen molar-refractivity contribution in [2.24, 2.45) is 0 Å². The van der Waals surface area contributed by atoms with Crippen LogP contribution in [0.2, 0.25) is 9.62 Å². The third-order valence-corrected chi connectivity index (χ3v) is 2.59. The van der Waals surface area contributed by atoms with Crippen LogP contribution >= 0.6 is 34.5 Å². The summed E-state index contributed by atoms with van der Waals surface area (Å²) in [6.45, 7) is 0. The van der Waals surface area contributed by atoms with Gasteiger partial charge in [0, 0.05) is 0 Å². The molecule has 0 radical (unpaired) electrons. The van der Waals surface area contributed by atoms with Crippen molar-refractivity contribution in [1.82, 2.24) is 15.2 Å². The second kappa shape index (κ2) is 3.57. The number of nitrogens with zero attached hydrogens (tertiary/aromatic N) is 3. The Bertz CT molecular complexity index is 429. The van der Waals surface area contributed by atoms with Crippen LogP contribution in [-0.4, -0.2) is 15.2 Å². The van der Waals surface area contributed by atoms with E-state index in [1.54, 1.807) is 12.1 Å². The van der Waals surface area contributed by atoms with Crippen molar-refractivity contribution in [2.75, 3.05) is 0 Å². The first-order chi connectivity index (χ1) is 6.25. The number of pyridine rings is 1. The number of hydrogen-bond acceptors (Lipinski definition) is 4. The third kappa shape index (κ3) is 1.96. The van der Waals surface area contributed by atoms with E-state index >= 15 is 0 Å². The van der Waals surface area contributed by atoms with Crippen molar-refractivity contribution in [3.8, 4) is 10.7 Å². The molecule has 2 aromatic heterocycles. The van der Waals surface area contributed by atoms with Crippen LogP contribution < -0.4 is 0 Å². The van der Waals surface area contributed by atoms with E-state index in [4.69, 9.17) is 23.2 Å². The van der Waals surface area contributed by atoms with Crippen molar-refractivity contribution in [2.45, 2.75) is 0 Å². The Balaban J connectivity index is 2.46. The highest BCUT2D eigenvalue weighted by Gasteiger charge is 2.05. The standard InChI is InChI=1S/C7H3Cl2N3S/c8-5-3-1-2-4(10-5)6-11-12-7(9)13-6/h1-3H. The van der Waals surface area contributed by atoms with Crippen molar-refractivity contribution in [1.29, 1.82) is 0 Å². The molecule has 0 aromatic carbocycles. The summed E-state index contributed by atoms with van der Waals surface area (Å²) in [5.41, 5.74) is 0.692. The van der Waals surface area contributed by atoms with Gasteiger partial charge < -0.3 is 0 Å². The molecule has 2 heterocycles. The average molecular weight is 232 g/mol. The van der Waals surface area contributed by atoms with Gasteiger partial charge in [0.1, 0.15) is 10.8 Å². The van der Waals surface area contributed by atoms with E-state index in [0.717, 1.165) is 0 Å². The average Bonchev–Trinajstić information content (AvgIpc) is 2.52. The first-order valence-electron chi connectivity index (χ1n) is 3.37. The van der Waals surface area contributed by atoms with Gasteiger partial charge >= 0.3 is 0 Å². The Labute approximate surface area is 88.4 Å². The van der Waals surface area contributed by atoms with Crippen LogP contribution in [0.1, 0.15) is 0 Å². The molecule has 0 bridgehead atoms. The van der Waals surface area contributed by atoms with Crippen molar-refractivity contribution in [3.05, 3.63) is 27.8 Å². The SMILES string of the molecule is Clc1cccc(-c2nnc(Cl)s2)n1. The topological polar surface area (TPSA) is 38.7 Å². The molecule has 0 aliphatic carbocycles. The van der Waals surface area contributed by atoms with Crippen LogP contribution in [0.4, 0.5) is 0 Å². The lowest BCUT2D eigenvalue weighted by atomic mass is 10.4. The van der Waals surface area contributed by atoms with Crippen LogP contribution in [0, 0.1) is 0 Å². The van der Waals surface area contributed by atoms with E-state index < -0.39 is 0 Å². The summed E-state index contributed by atoms with van der Waals surface area (Å²) in [6, 6.07) is 5.32. The second-order valence-corrected chi connectivity index (χ2v) is 4.15. The second-order valence-electron chi connectivity index (χ2n) is 2.21. The Kier molecular flexibility index (Phi) is 2.44. The molecule has 66 valence electrons. The predicted octanol–water partition coefficient (Wildman–Crippen LogP) is 2.91. The number of aromatic nitrogens is 3. The van der Waals surface area contributed by atoms with Crippen LogP contribution in [-0.2, 0) is 0 Å². The van der Waals surface area contributed by atoms with E-state index in [9.17, 15) is 0 Å². The summed E-state index contributed by atoms with van der Waals surface area (Å²) in [6.07, 6.45) is 0. The van der Waals surface area contributed by atoms with Gasteiger partial charge in [-0.1, -0.05) is 29.0 Å². The zero-order valence-corrected chi connectivity index (χ0v) is 8.57. The summed E-state index contributed by atoms with van der Waals surface area (Å²) in [4.78, 5) is 4.07. The van der Waals surface area contributed by atoms with Gasteiger partial charge in [-0.05, 0) is 23.7 Å². The molecule has 6 heteroatoms. The molecular formula is C7H3Cl2N3S. The molecule has 3 nitrogen and oxygen atoms in total. The molecule has 0 saturated carbocycles. The molecule has 0 atom stereocenters. The van der Waals surface area contributed by atoms with E-state index in [0.29, 0.717) is 20.3 Å². The summed E-state index contributed by atoms with van der Waals surface area (Å²) in [5, 5.41) is 8.62. The molecule has 0 spiro atoms. The highest BCUT2D eigenvalue weighted by Crippen LogP contribution is 2.24. The summed E-state index contributed by atoms with van der Waals surface area (Å²) in [5.74, 6) is 0. The lowest BCUT2D eigenvalue weighted by Crippen LogP contribution is -1.82. The Morgan fingerprint density at radius 3 is 2.62 bits per heavy atom. The van der Waals surface area contributed by atoms with E-state index in [-0.39, 0.29) is 0 Å². The maximum atomic E-state index is 5.71. The van der Waals surface area contributed by atoms with Gasteiger partial charge in [0.2, 0.25) is 4.47 Å². The van der Waals surface area contributed by atoms with E-state index in [1.165, 1.54) is 11.3 Å². The van der Waals surface area contributed by atoms with E-state index in [1.807, 2.05) is 6.07 Å². The molecule has 0 fully saturated rings. The minimum atomic E-state index is 0.400. The molecule has 13 heavy (non-hydrogen) atoms. The van der Waals surface area contributed by atoms with Crippen molar-refractivity contribution in [3.63, 3.8) is 0 Å². The number of hydrogen-bond donors (Lipinski definition) is 0. The first-order valence-corrected chi connectivity index (χ1v) is 4.95. The zero-order valence-electron chi connectivity index (χ0n) is 6.24. The maximum absolute atomic E-state index is 5.71. The van der Waals surface area contributed by atoms with Crippen LogP contribution in [0.3, 0.4) is 0 Å². The predicted molar refractivity (Wildman–Crippen MR) is 53.2 cm³/mol. The fraction of sp³-hybridized carbons (Fsp3) is 0. The van der Waals surface area contributed by atoms with Gasteiger partial charge in [0.25, 0.3) is 0 Å². The minimum Gasteiger partial charge on any atom is -0.234 e. The highest BCUT2D eigenvalue weighted by atomic mass is 35.5. The zero-order chi connectivity index (χ0) is 9.26. The monoisotopic (exact) mass is 231 g/mol. The lowest BCUT2D eigenvalue weighted by Gasteiger charge is -1.93. The third-order valence-electron chi connectivity index (χ3n) is 1.33. The fourth-order valence-electron chi connectivity index (χ4n) is 0.836. The molecule has 0 amide bonds. The van der Waals surface area contributed by atoms with Crippen molar-refractivity contribution >= 4 is 34.5 Å². The fourth-order valence-corrected chi connectivity index (χ4v) is 1.80. The molecule has 0 saturated heterocycles. The molecule has 2 rings (SSSR count). The van der Waals surface area contributed by atoms with Gasteiger partial charge in [-0.25, -0.2) is 4.98 Å². The van der Waals surface area contributed by atoms with Gasteiger partial charge in [-0.3, -0.25) is 0 Å². The Morgan fingerprint density at radius 1 is 1.15 bits per heavy atom. The smallest absolute Gasteiger partial charge is 0.207 e. The molecule has 0 unspecified atom stereocenters. The number of halogens is 2. The molecular weight excluding hydrogens is 229 g/mol. The lowest BCUT2D eigenvalue weighted by molar-refractivity contribution is 1.09. The summed E-state index contributed by atoms with van der Waals surface area (Å²) >= 11 is 12.6. The van der Waals surface area contributed by atoms with Crippen LogP contribution in [0.15, 0.2) is 18.2 Å². The summed E-state index contributed by atoms with van der Waals surface area (Å²) in [7, 11) is 0. The number of rotatable bonds is 1. The molecule has 0 aliphatic rings. The van der Waals surface area contributed by atoms with Crippen LogP contribution in [0.5, 0.6) is 0 Å². The molecule has 0 aliphatic heterocycles. The quantitative estimate of drug-likeness (QED) is 0.709. The summed E-state index contributed by atoms with van der Waals surface area (Å²) < 4.78 is 0.400. The van der Waals surface area contributed by atoms with Gasteiger partial charge in [-0.2, -0.15) is 0 Å². The van der Waals surface area contributed by atoms with Crippen molar-refractivity contribution < 1.29 is 0 Å². The normalized spacial score (nSPS) is 10.3. The van der Waals surface area contributed by atoms with Gasteiger partial charge in [-0.15, -0.1) is 10.2 Å². The Morgan fingerprint density at radius 2 is 2.00 bits per heavy atom. The van der Waals surface area contributed by atoms with E-state index in [2.05, 4.69) is 15.2 Å². The maximum Gasteiger partial charge on any atom is 0.207 e. The largest absolute Gasteiger partial charge is 0.234 e. The van der Waals surface area contributed by atoms with Gasteiger partial charge in [0.15, 0.2) is 5.01 Å². The van der Waals surface area contributed by atoms with Gasteiger partial charge in [0.05, 0.1) is 0 Å². The molecule has 0 N–H and O–H groups in total. The minimum absolute atomic E-state index is 0.400. The molecule has 2 aromatic rings. The Hall–Kier alpha value is -0.710. The first kappa shape index (κ1) is 8.87. The van der Waals surface area contributed by atoms with Crippen LogP contribution in [0.25, 0.3) is 10.7 Å². The highest BCUT2D eigenvalue weighted by molar-refractivity contribution is 7.18.